The number of rotatable bonds is 4. The van der Waals surface area contributed by atoms with E-state index in [-0.39, 0.29) is 17.0 Å². The first-order chi connectivity index (χ1) is 17.9. The van der Waals surface area contributed by atoms with Gasteiger partial charge in [-0.25, -0.2) is 9.69 Å². The number of fused-ring (bicyclic) bond motifs is 5. The molecule has 4 unspecified atom stereocenters. The average Bonchev–Trinajstić information content (AvgIpc) is 3.40. The van der Waals surface area contributed by atoms with Crippen LogP contribution in [0.2, 0.25) is 5.02 Å². The molecule has 3 aromatic rings. The molecule has 0 bridgehead atoms. The molecule has 2 saturated heterocycles. The van der Waals surface area contributed by atoms with Gasteiger partial charge < -0.3 is 9.64 Å². The average molecular weight is 513 g/mol. The maximum Gasteiger partial charge on any atom is 0.339 e. The van der Waals surface area contributed by atoms with Gasteiger partial charge in [0.15, 0.2) is 5.78 Å². The van der Waals surface area contributed by atoms with Crippen LogP contribution in [-0.4, -0.2) is 41.6 Å². The van der Waals surface area contributed by atoms with Gasteiger partial charge in [0, 0.05) is 16.8 Å². The Kier molecular flexibility index (Phi) is 5.46. The first-order valence-electron chi connectivity index (χ1n) is 11.8. The quantitative estimate of drug-likeness (QED) is 0.290. The fraction of sp³-hybridized carbons (Fsp3) is 0.172. The molecule has 7 nitrogen and oxygen atoms in total. The van der Waals surface area contributed by atoms with E-state index >= 15 is 0 Å². The molecule has 3 aromatic carbocycles. The summed E-state index contributed by atoms with van der Waals surface area (Å²) in [6.07, 6.45) is 3.70. The van der Waals surface area contributed by atoms with Crippen molar-refractivity contribution in [3.63, 3.8) is 0 Å². The third-order valence-electron chi connectivity index (χ3n) is 7.41. The monoisotopic (exact) mass is 512 g/mol. The number of ether oxygens (including phenoxy) is 1. The molecule has 37 heavy (non-hydrogen) atoms. The van der Waals surface area contributed by atoms with E-state index in [0.717, 1.165) is 16.0 Å². The largest absolute Gasteiger partial charge is 0.465 e. The van der Waals surface area contributed by atoms with E-state index in [1.54, 1.807) is 48.7 Å². The van der Waals surface area contributed by atoms with Gasteiger partial charge in [-0.05, 0) is 53.6 Å². The normalized spacial score (nSPS) is 23.5. The molecule has 8 heteroatoms. The summed E-state index contributed by atoms with van der Waals surface area (Å²) >= 11 is 6.04. The summed E-state index contributed by atoms with van der Waals surface area (Å²) in [7, 11) is 1.24. The third-order valence-corrected chi connectivity index (χ3v) is 7.66. The minimum absolute atomic E-state index is 0.105. The summed E-state index contributed by atoms with van der Waals surface area (Å²) < 4.78 is 4.89. The number of anilines is 1. The van der Waals surface area contributed by atoms with E-state index in [9.17, 15) is 19.2 Å². The maximum absolute atomic E-state index is 14.0. The molecule has 0 aliphatic carbocycles. The molecular weight excluding hydrogens is 492 g/mol. The number of ketones is 1. The topological polar surface area (TPSA) is 84.0 Å². The number of para-hydroxylation sites is 1. The van der Waals surface area contributed by atoms with Gasteiger partial charge in [0.25, 0.3) is 0 Å². The van der Waals surface area contributed by atoms with E-state index in [4.69, 9.17) is 16.3 Å². The SMILES string of the molecule is COC(=O)c1ccccc1N1C(=O)C2C(C1=O)C1c3ccccc3C=CN1C2C(=O)c1ccc(Cl)cc1. The summed E-state index contributed by atoms with van der Waals surface area (Å²) in [6.45, 7) is 0. The number of halogens is 1. The van der Waals surface area contributed by atoms with Crippen molar-refractivity contribution in [2.24, 2.45) is 11.8 Å². The number of Topliss-reactive ketones (excluding diaryl/α,β-unsaturated/α-hetero) is 1. The van der Waals surface area contributed by atoms with Gasteiger partial charge in [0.2, 0.25) is 11.8 Å². The molecule has 2 amide bonds. The summed E-state index contributed by atoms with van der Waals surface area (Å²) in [4.78, 5) is 57.4. The lowest BCUT2D eigenvalue weighted by molar-refractivity contribution is -0.123. The van der Waals surface area contributed by atoms with E-state index in [2.05, 4.69) is 0 Å². The Bertz CT molecular complexity index is 1500. The first-order valence-corrected chi connectivity index (χ1v) is 12.2. The van der Waals surface area contributed by atoms with Crippen LogP contribution in [-0.2, 0) is 14.3 Å². The van der Waals surface area contributed by atoms with Crippen LogP contribution in [0.4, 0.5) is 5.69 Å². The second-order valence-corrected chi connectivity index (χ2v) is 9.66. The van der Waals surface area contributed by atoms with Crippen molar-refractivity contribution >= 4 is 46.9 Å². The van der Waals surface area contributed by atoms with Crippen molar-refractivity contribution in [2.75, 3.05) is 12.0 Å². The van der Waals surface area contributed by atoms with Gasteiger partial charge in [-0.3, -0.25) is 14.4 Å². The van der Waals surface area contributed by atoms with Crippen molar-refractivity contribution < 1.29 is 23.9 Å². The Morgan fingerprint density at radius 3 is 2.30 bits per heavy atom. The fourth-order valence-electron chi connectivity index (χ4n) is 5.83. The van der Waals surface area contributed by atoms with Crippen molar-refractivity contribution in [3.05, 3.63) is 106 Å². The Morgan fingerprint density at radius 2 is 1.54 bits per heavy atom. The van der Waals surface area contributed by atoms with Crippen LogP contribution in [0.15, 0.2) is 79.0 Å². The fourth-order valence-corrected chi connectivity index (χ4v) is 5.96. The van der Waals surface area contributed by atoms with Crippen molar-refractivity contribution in [1.82, 2.24) is 4.90 Å². The van der Waals surface area contributed by atoms with Gasteiger partial charge in [0.05, 0.1) is 36.2 Å². The zero-order valence-corrected chi connectivity index (χ0v) is 20.5. The molecule has 3 aliphatic heterocycles. The number of carbonyl (C=O) groups is 4. The highest BCUT2D eigenvalue weighted by Crippen LogP contribution is 2.54. The predicted molar refractivity (Wildman–Crippen MR) is 137 cm³/mol. The number of imide groups is 1. The molecule has 0 aromatic heterocycles. The molecular formula is C29H21ClN2O5. The molecule has 4 atom stereocenters. The number of esters is 1. The highest BCUT2D eigenvalue weighted by molar-refractivity contribution is 6.30. The van der Waals surface area contributed by atoms with Crippen LogP contribution < -0.4 is 4.90 Å². The molecule has 0 radical (unpaired) electrons. The second kappa shape index (κ2) is 8.71. The molecule has 0 saturated carbocycles. The number of carbonyl (C=O) groups excluding carboxylic acids is 4. The Labute approximate surface area is 217 Å². The zero-order chi connectivity index (χ0) is 25.8. The minimum atomic E-state index is -0.942. The van der Waals surface area contributed by atoms with E-state index in [0.29, 0.717) is 10.6 Å². The van der Waals surface area contributed by atoms with Crippen molar-refractivity contribution in [1.29, 1.82) is 0 Å². The number of hydrogen-bond acceptors (Lipinski definition) is 6. The van der Waals surface area contributed by atoms with E-state index in [1.807, 2.05) is 35.2 Å². The van der Waals surface area contributed by atoms with Crippen LogP contribution in [0, 0.1) is 11.8 Å². The lowest BCUT2D eigenvalue weighted by Crippen LogP contribution is -2.44. The van der Waals surface area contributed by atoms with Crippen LogP contribution in [0.5, 0.6) is 0 Å². The summed E-state index contributed by atoms with van der Waals surface area (Å²) in [6, 6.07) is 19.1. The number of methoxy groups -OCH3 is 1. The molecule has 2 fully saturated rings. The maximum atomic E-state index is 14.0. The molecule has 0 spiro atoms. The van der Waals surface area contributed by atoms with E-state index < -0.39 is 41.7 Å². The zero-order valence-electron chi connectivity index (χ0n) is 19.7. The third kappa shape index (κ3) is 3.42. The Hall–Kier alpha value is -4.23. The molecule has 3 heterocycles. The van der Waals surface area contributed by atoms with Gasteiger partial charge in [-0.15, -0.1) is 0 Å². The molecule has 6 rings (SSSR count). The highest BCUT2D eigenvalue weighted by atomic mass is 35.5. The highest BCUT2D eigenvalue weighted by Gasteiger charge is 2.64. The first kappa shape index (κ1) is 23.2. The van der Waals surface area contributed by atoms with Crippen LogP contribution in [0.1, 0.15) is 37.9 Å². The lowest BCUT2D eigenvalue weighted by Gasteiger charge is -2.35. The Morgan fingerprint density at radius 1 is 0.865 bits per heavy atom. The van der Waals surface area contributed by atoms with Gasteiger partial charge in [-0.2, -0.15) is 0 Å². The smallest absolute Gasteiger partial charge is 0.339 e. The van der Waals surface area contributed by atoms with Gasteiger partial charge in [-0.1, -0.05) is 48.0 Å². The summed E-state index contributed by atoms with van der Waals surface area (Å²) in [5.74, 6) is -3.65. The number of hydrogen-bond donors (Lipinski definition) is 0. The van der Waals surface area contributed by atoms with Crippen LogP contribution >= 0.6 is 11.6 Å². The van der Waals surface area contributed by atoms with Crippen LogP contribution in [0.25, 0.3) is 6.08 Å². The molecule has 3 aliphatic rings. The number of nitrogens with zero attached hydrogens (tertiary/aromatic N) is 2. The number of amides is 2. The van der Waals surface area contributed by atoms with Crippen molar-refractivity contribution in [2.45, 2.75) is 12.1 Å². The van der Waals surface area contributed by atoms with E-state index in [1.165, 1.54) is 13.2 Å². The Balaban J connectivity index is 1.50. The molecule has 0 N–H and O–H groups in total. The second-order valence-electron chi connectivity index (χ2n) is 9.22. The summed E-state index contributed by atoms with van der Waals surface area (Å²) in [5.41, 5.74) is 2.46. The molecule has 184 valence electrons. The standard InChI is InChI=1S/C29H21ClN2O5/c1-37-29(36)20-8-4-5-9-21(20)32-27(34)22-23(28(32)35)25(26(33)17-10-12-18(30)13-11-17)31-15-14-16-6-2-3-7-19(16)24(22)31/h2-15,22-25H,1H3. The number of benzene rings is 3. The predicted octanol–water partition coefficient (Wildman–Crippen LogP) is 4.52. The lowest BCUT2D eigenvalue weighted by atomic mass is 9.83. The van der Waals surface area contributed by atoms with Gasteiger partial charge >= 0.3 is 5.97 Å². The van der Waals surface area contributed by atoms with Gasteiger partial charge in [0.1, 0.15) is 6.04 Å². The minimum Gasteiger partial charge on any atom is -0.465 e. The van der Waals surface area contributed by atoms with Crippen LogP contribution in [0.3, 0.4) is 0 Å². The summed E-state index contributed by atoms with van der Waals surface area (Å²) in [5, 5.41) is 0.489. The van der Waals surface area contributed by atoms with Crippen molar-refractivity contribution in [3.8, 4) is 0 Å².